The number of halogens is 1. The summed E-state index contributed by atoms with van der Waals surface area (Å²) in [6.07, 6.45) is 3.65. The van der Waals surface area contributed by atoms with Gasteiger partial charge in [0.2, 0.25) is 0 Å². The van der Waals surface area contributed by atoms with Gasteiger partial charge in [-0.3, -0.25) is 4.79 Å². The van der Waals surface area contributed by atoms with Crippen molar-refractivity contribution in [1.82, 2.24) is 4.57 Å². The first kappa shape index (κ1) is 11.7. The number of nitrogens with zero attached hydrogens (tertiary/aromatic N) is 2. The van der Waals surface area contributed by atoms with Crippen LogP contribution in [0.5, 0.6) is 0 Å². The SMILES string of the molecule is Cn1cc[n+](C)c1C(=O)Nc1cccc(Cl)c1. The van der Waals surface area contributed by atoms with Gasteiger partial charge in [-0.2, -0.15) is 0 Å². The van der Waals surface area contributed by atoms with Gasteiger partial charge in [-0.25, -0.2) is 9.13 Å². The van der Waals surface area contributed by atoms with E-state index >= 15 is 0 Å². The summed E-state index contributed by atoms with van der Waals surface area (Å²) in [5.74, 6) is 0.409. The largest absolute Gasteiger partial charge is 0.347 e. The van der Waals surface area contributed by atoms with E-state index in [-0.39, 0.29) is 5.91 Å². The van der Waals surface area contributed by atoms with Crippen molar-refractivity contribution < 1.29 is 9.36 Å². The molecular formula is C12H13ClN3O+. The van der Waals surface area contributed by atoms with Crippen molar-refractivity contribution in [3.05, 3.63) is 47.5 Å². The normalized spacial score (nSPS) is 10.3. The maximum atomic E-state index is 12.0. The highest BCUT2D eigenvalue weighted by Gasteiger charge is 2.21. The first-order chi connectivity index (χ1) is 8.08. The number of benzene rings is 1. The smallest absolute Gasteiger partial charge is 0.315 e. The third-order valence-corrected chi connectivity index (χ3v) is 2.70. The Labute approximate surface area is 104 Å². The summed E-state index contributed by atoms with van der Waals surface area (Å²) in [4.78, 5) is 12.0. The molecule has 0 saturated carbocycles. The maximum Gasteiger partial charge on any atom is 0.347 e. The first-order valence-electron chi connectivity index (χ1n) is 5.16. The lowest BCUT2D eigenvalue weighted by molar-refractivity contribution is -0.672. The fraction of sp³-hybridized carbons (Fsp3) is 0.167. The molecule has 1 N–H and O–H groups in total. The zero-order chi connectivity index (χ0) is 12.4. The van der Waals surface area contributed by atoms with Crippen LogP contribution in [0.3, 0.4) is 0 Å². The van der Waals surface area contributed by atoms with Crippen molar-refractivity contribution in [3.8, 4) is 0 Å². The van der Waals surface area contributed by atoms with Crippen molar-refractivity contribution in [2.45, 2.75) is 0 Å². The van der Waals surface area contributed by atoms with E-state index in [1.165, 1.54) is 0 Å². The molecule has 0 aliphatic carbocycles. The number of aryl methyl sites for hydroxylation is 2. The molecule has 1 aromatic heterocycles. The van der Waals surface area contributed by atoms with Gasteiger partial charge in [-0.05, 0) is 18.2 Å². The Hall–Kier alpha value is -1.81. The van der Waals surface area contributed by atoms with E-state index < -0.39 is 0 Å². The predicted molar refractivity (Wildman–Crippen MR) is 66.0 cm³/mol. The van der Waals surface area contributed by atoms with Gasteiger partial charge in [-0.15, -0.1) is 0 Å². The van der Waals surface area contributed by atoms with Crippen LogP contribution in [-0.4, -0.2) is 10.5 Å². The summed E-state index contributed by atoms with van der Waals surface area (Å²) in [6, 6.07) is 7.07. The molecule has 0 radical (unpaired) electrons. The number of anilines is 1. The highest BCUT2D eigenvalue weighted by molar-refractivity contribution is 6.30. The molecule has 5 heteroatoms. The highest BCUT2D eigenvalue weighted by Crippen LogP contribution is 2.15. The molecular weight excluding hydrogens is 238 g/mol. The predicted octanol–water partition coefficient (Wildman–Crippen LogP) is 1.76. The summed E-state index contributed by atoms with van der Waals surface area (Å²) in [6.45, 7) is 0. The monoisotopic (exact) mass is 250 g/mol. The van der Waals surface area contributed by atoms with Crippen molar-refractivity contribution in [1.29, 1.82) is 0 Å². The quantitative estimate of drug-likeness (QED) is 0.811. The van der Waals surface area contributed by atoms with Gasteiger partial charge in [0, 0.05) is 10.7 Å². The lowest BCUT2D eigenvalue weighted by Gasteiger charge is -2.03. The standard InChI is InChI=1S/C12H12ClN3O/c1-15-6-7-16(2)12(15)11(17)14-10-5-3-4-9(13)8-10/h3-8H,1-2H3/p+1. The summed E-state index contributed by atoms with van der Waals surface area (Å²) in [5, 5.41) is 3.40. The second kappa shape index (κ2) is 4.59. The Kier molecular flexibility index (Phi) is 3.15. The molecule has 0 aliphatic rings. The molecule has 2 rings (SSSR count). The Bertz CT molecular complexity index is 543. The van der Waals surface area contributed by atoms with Crippen LogP contribution < -0.4 is 9.88 Å². The lowest BCUT2D eigenvalue weighted by Crippen LogP contribution is -2.37. The molecule has 17 heavy (non-hydrogen) atoms. The van der Waals surface area contributed by atoms with Crippen molar-refractivity contribution >= 4 is 23.2 Å². The number of carbonyl (C=O) groups excluding carboxylic acids is 1. The van der Waals surface area contributed by atoms with Crippen molar-refractivity contribution in [2.24, 2.45) is 14.1 Å². The van der Waals surface area contributed by atoms with E-state index in [1.807, 2.05) is 26.5 Å². The van der Waals surface area contributed by atoms with Crippen LogP contribution in [-0.2, 0) is 14.1 Å². The molecule has 0 spiro atoms. The van der Waals surface area contributed by atoms with Gasteiger partial charge in [0.15, 0.2) is 0 Å². The fourth-order valence-corrected chi connectivity index (χ4v) is 1.85. The topological polar surface area (TPSA) is 37.9 Å². The number of aromatic nitrogens is 2. The molecule has 4 nitrogen and oxygen atoms in total. The van der Waals surface area contributed by atoms with E-state index in [0.717, 1.165) is 0 Å². The van der Waals surface area contributed by atoms with E-state index in [4.69, 9.17) is 11.6 Å². The van der Waals surface area contributed by atoms with Gasteiger partial charge in [0.05, 0.1) is 14.1 Å². The number of carbonyl (C=O) groups is 1. The number of nitrogens with one attached hydrogen (secondary N) is 1. The third-order valence-electron chi connectivity index (χ3n) is 2.47. The highest BCUT2D eigenvalue weighted by atomic mass is 35.5. The van der Waals surface area contributed by atoms with E-state index in [9.17, 15) is 4.79 Å². The zero-order valence-corrected chi connectivity index (χ0v) is 10.4. The second-order valence-electron chi connectivity index (χ2n) is 3.81. The minimum Gasteiger partial charge on any atom is -0.315 e. The number of hydrogen-bond acceptors (Lipinski definition) is 1. The van der Waals surface area contributed by atoms with E-state index in [2.05, 4.69) is 5.32 Å². The molecule has 0 saturated heterocycles. The minimum absolute atomic E-state index is 0.165. The summed E-state index contributed by atoms with van der Waals surface area (Å²) < 4.78 is 3.53. The number of amides is 1. The van der Waals surface area contributed by atoms with Gasteiger partial charge in [0.1, 0.15) is 12.4 Å². The molecule has 1 aromatic carbocycles. The van der Waals surface area contributed by atoms with Crippen LogP contribution in [0.1, 0.15) is 10.6 Å². The third kappa shape index (κ3) is 2.47. The van der Waals surface area contributed by atoms with Gasteiger partial charge < -0.3 is 5.32 Å². The Morgan fingerprint density at radius 2 is 2.24 bits per heavy atom. The van der Waals surface area contributed by atoms with Crippen LogP contribution in [0.2, 0.25) is 5.02 Å². The number of imidazole rings is 1. The van der Waals surface area contributed by atoms with Crippen LogP contribution in [0, 0.1) is 0 Å². The average Bonchev–Trinajstić information content (AvgIpc) is 2.58. The van der Waals surface area contributed by atoms with E-state index in [0.29, 0.717) is 16.5 Å². The zero-order valence-electron chi connectivity index (χ0n) is 9.64. The summed E-state index contributed by atoms with van der Waals surface area (Å²) in [7, 11) is 3.65. The second-order valence-corrected chi connectivity index (χ2v) is 4.24. The number of hydrogen-bond donors (Lipinski definition) is 1. The van der Waals surface area contributed by atoms with Crippen molar-refractivity contribution in [3.63, 3.8) is 0 Å². The molecule has 0 fully saturated rings. The Morgan fingerprint density at radius 3 is 2.82 bits per heavy atom. The lowest BCUT2D eigenvalue weighted by atomic mass is 10.3. The molecule has 0 aliphatic heterocycles. The first-order valence-corrected chi connectivity index (χ1v) is 5.53. The summed E-state index contributed by atoms with van der Waals surface area (Å²) in [5.41, 5.74) is 0.684. The van der Waals surface area contributed by atoms with Crippen LogP contribution in [0.4, 0.5) is 5.69 Å². The van der Waals surface area contributed by atoms with Gasteiger partial charge in [0.25, 0.3) is 0 Å². The molecule has 0 bridgehead atoms. The van der Waals surface area contributed by atoms with Gasteiger partial charge in [-0.1, -0.05) is 17.7 Å². The summed E-state index contributed by atoms with van der Waals surface area (Å²) >= 11 is 5.85. The number of rotatable bonds is 2. The van der Waals surface area contributed by atoms with E-state index in [1.54, 1.807) is 33.4 Å². The van der Waals surface area contributed by atoms with Crippen LogP contribution in [0.25, 0.3) is 0 Å². The molecule has 1 amide bonds. The Balaban J connectivity index is 2.23. The Morgan fingerprint density at radius 1 is 1.47 bits per heavy atom. The maximum absolute atomic E-state index is 12.0. The molecule has 1 heterocycles. The minimum atomic E-state index is -0.165. The average molecular weight is 251 g/mol. The molecule has 0 unspecified atom stereocenters. The molecule has 0 atom stereocenters. The van der Waals surface area contributed by atoms with Gasteiger partial charge >= 0.3 is 11.7 Å². The molecule has 88 valence electrons. The van der Waals surface area contributed by atoms with Crippen LogP contribution in [0.15, 0.2) is 36.7 Å². The van der Waals surface area contributed by atoms with Crippen LogP contribution >= 0.6 is 11.6 Å². The molecule has 2 aromatic rings. The fourth-order valence-electron chi connectivity index (χ4n) is 1.66. The van der Waals surface area contributed by atoms with Crippen molar-refractivity contribution in [2.75, 3.05) is 5.32 Å².